The zero-order valence-corrected chi connectivity index (χ0v) is 15.6. The second-order valence-electron chi connectivity index (χ2n) is 5.28. The number of aromatic nitrogens is 1. The summed E-state index contributed by atoms with van der Waals surface area (Å²) in [4.78, 5) is 5.86. The number of rotatable bonds is 5. The third kappa shape index (κ3) is 4.13. The molecule has 0 aliphatic heterocycles. The standard InChI is InChI=1S/C19H20N2OS.ClH/c1-4-22-15-7-10-18-17(12-15)19(11-13(2)20-18)21-14-5-8-16(23-3)9-6-14;/h5-12H,4H2,1-3H3,(H,20,21);1H. The van der Waals surface area contributed by atoms with Crippen molar-refractivity contribution in [3.63, 3.8) is 0 Å². The maximum Gasteiger partial charge on any atom is 0.120 e. The summed E-state index contributed by atoms with van der Waals surface area (Å²) in [5.41, 5.74) is 4.07. The Labute approximate surface area is 153 Å². The molecule has 0 radical (unpaired) electrons. The van der Waals surface area contributed by atoms with Crippen molar-refractivity contribution in [2.45, 2.75) is 18.7 Å². The van der Waals surface area contributed by atoms with Crippen molar-refractivity contribution in [1.29, 1.82) is 0 Å². The highest BCUT2D eigenvalue weighted by Gasteiger charge is 2.06. The van der Waals surface area contributed by atoms with Gasteiger partial charge in [-0.3, -0.25) is 4.98 Å². The molecule has 0 bridgehead atoms. The molecule has 3 nitrogen and oxygen atoms in total. The van der Waals surface area contributed by atoms with E-state index in [1.54, 1.807) is 11.8 Å². The Morgan fingerprint density at radius 2 is 1.83 bits per heavy atom. The molecule has 24 heavy (non-hydrogen) atoms. The van der Waals surface area contributed by atoms with E-state index in [1.165, 1.54) is 4.90 Å². The number of anilines is 2. The van der Waals surface area contributed by atoms with Gasteiger partial charge in [-0.25, -0.2) is 0 Å². The summed E-state index contributed by atoms with van der Waals surface area (Å²) in [6, 6.07) is 16.5. The number of aryl methyl sites for hydroxylation is 1. The third-order valence-electron chi connectivity index (χ3n) is 3.59. The molecule has 0 fully saturated rings. The Bertz CT molecular complexity index is 821. The number of fused-ring (bicyclic) bond motifs is 1. The molecular weight excluding hydrogens is 340 g/mol. The second-order valence-corrected chi connectivity index (χ2v) is 6.16. The second kappa shape index (κ2) is 8.27. The predicted octanol–water partition coefficient (Wildman–Crippen LogP) is 5.83. The van der Waals surface area contributed by atoms with Crippen molar-refractivity contribution in [2.24, 2.45) is 0 Å². The number of nitrogens with zero attached hydrogens (tertiary/aromatic N) is 1. The van der Waals surface area contributed by atoms with Gasteiger partial charge in [0.2, 0.25) is 0 Å². The summed E-state index contributed by atoms with van der Waals surface area (Å²) in [6.07, 6.45) is 2.08. The van der Waals surface area contributed by atoms with Crippen molar-refractivity contribution in [1.82, 2.24) is 4.98 Å². The van der Waals surface area contributed by atoms with Crippen LogP contribution in [0.5, 0.6) is 5.75 Å². The van der Waals surface area contributed by atoms with Gasteiger partial charge < -0.3 is 10.1 Å². The molecule has 2 aromatic carbocycles. The van der Waals surface area contributed by atoms with Gasteiger partial charge in [-0.15, -0.1) is 24.2 Å². The summed E-state index contributed by atoms with van der Waals surface area (Å²) in [6.45, 7) is 4.66. The highest BCUT2D eigenvalue weighted by molar-refractivity contribution is 7.98. The lowest BCUT2D eigenvalue weighted by molar-refractivity contribution is 0.340. The fraction of sp³-hybridized carbons (Fsp3) is 0.211. The van der Waals surface area contributed by atoms with Crippen molar-refractivity contribution in [2.75, 3.05) is 18.2 Å². The van der Waals surface area contributed by atoms with Gasteiger partial charge in [-0.1, -0.05) is 0 Å². The quantitative estimate of drug-likeness (QED) is 0.580. The first-order valence-electron chi connectivity index (χ1n) is 7.65. The van der Waals surface area contributed by atoms with Crippen LogP contribution in [0.25, 0.3) is 10.9 Å². The maximum atomic E-state index is 5.62. The van der Waals surface area contributed by atoms with Crippen molar-refractivity contribution >= 4 is 46.4 Å². The fourth-order valence-corrected chi connectivity index (χ4v) is 2.94. The molecule has 3 aromatic rings. The lowest BCUT2D eigenvalue weighted by Crippen LogP contribution is -1.96. The normalized spacial score (nSPS) is 10.3. The zero-order valence-electron chi connectivity index (χ0n) is 14.0. The van der Waals surface area contributed by atoms with Crippen molar-refractivity contribution < 1.29 is 4.74 Å². The highest BCUT2D eigenvalue weighted by atomic mass is 35.5. The molecule has 0 amide bonds. The molecule has 0 saturated heterocycles. The number of ether oxygens (including phenoxy) is 1. The van der Waals surface area contributed by atoms with E-state index < -0.39 is 0 Å². The topological polar surface area (TPSA) is 34.1 Å². The summed E-state index contributed by atoms with van der Waals surface area (Å²) in [7, 11) is 0. The number of hydrogen-bond acceptors (Lipinski definition) is 4. The number of hydrogen-bond donors (Lipinski definition) is 1. The van der Waals surface area contributed by atoms with E-state index in [2.05, 4.69) is 46.9 Å². The average Bonchev–Trinajstić information content (AvgIpc) is 2.56. The Kier molecular flexibility index (Phi) is 6.35. The van der Waals surface area contributed by atoms with Crippen LogP contribution in [0.15, 0.2) is 53.4 Å². The van der Waals surface area contributed by atoms with Gasteiger partial charge in [0.05, 0.1) is 12.1 Å². The lowest BCUT2D eigenvalue weighted by Gasteiger charge is -2.12. The summed E-state index contributed by atoms with van der Waals surface area (Å²) in [5, 5.41) is 4.57. The number of pyridine rings is 1. The van der Waals surface area contributed by atoms with Crippen LogP contribution >= 0.6 is 24.2 Å². The number of halogens is 1. The third-order valence-corrected chi connectivity index (χ3v) is 4.33. The molecule has 0 unspecified atom stereocenters. The van der Waals surface area contributed by atoms with Gasteiger partial charge in [0.1, 0.15) is 5.75 Å². The fourth-order valence-electron chi connectivity index (χ4n) is 2.53. The minimum absolute atomic E-state index is 0. The molecule has 1 N–H and O–H groups in total. The van der Waals surface area contributed by atoms with Crippen LogP contribution in [0.1, 0.15) is 12.6 Å². The van der Waals surface area contributed by atoms with Crippen LogP contribution in [0.3, 0.4) is 0 Å². The van der Waals surface area contributed by atoms with Gasteiger partial charge in [0.15, 0.2) is 0 Å². The zero-order chi connectivity index (χ0) is 16.2. The molecule has 0 saturated carbocycles. The van der Waals surface area contributed by atoms with E-state index in [1.807, 2.05) is 32.0 Å². The van der Waals surface area contributed by atoms with Gasteiger partial charge in [-0.2, -0.15) is 0 Å². The SMILES string of the molecule is CCOc1ccc2nc(C)cc(Nc3ccc(SC)cc3)c2c1.Cl. The molecule has 5 heteroatoms. The summed E-state index contributed by atoms with van der Waals surface area (Å²) < 4.78 is 5.62. The van der Waals surface area contributed by atoms with Crippen molar-refractivity contribution in [3.05, 3.63) is 54.2 Å². The maximum absolute atomic E-state index is 5.62. The molecule has 0 spiro atoms. The molecule has 1 heterocycles. The smallest absolute Gasteiger partial charge is 0.120 e. The molecule has 0 aliphatic carbocycles. The van der Waals surface area contributed by atoms with Gasteiger partial charge in [0.25, 0.3) is 0 Å². The number of benzene rings is 2. The molecule has 126 valence electrons. The Hall–Kier alpha value is -1.91. The Morgan fingerprint density at radius 3 is 2.50 bits per heavy atom. The first-order valence-corrected chi connectivity index (χ1v) is 8.87. The van der Waals surface area contributed by atoms with E-state index >= 15 is 0 Å². The summed E-state index contributed by atoms with van der Waals surface area (Å²) >= 11 is 1.74. The minimum Gasteiger partial charge on any atom is -0.494 e. The van der Waals surface area contributed by atoms with Crippen LogP contribution in [-0.4, -0.2) is 17.8 Å². The van der Waals surface area contributed by atoms with Crippen LogP contribution in [-0.2, 0) is 0 Å². The monoisotopic (exact) mass is 360 g/mol. The van der Waals surface area contributed by atoms with E-state index in [0.29, 0.717) is 6.61 Å². The van der Waals surface area contributed by atoms with Crippen LogP contribution < -0.4 is 10.1 Å². The van der Waals surface area contributed by atoms with Gasteiger partial charge >= 0.3 is 0 Å². The first-order chi connectivity index (χ1) is 11.2. The molecule has 3 rings (SSSR count). The summed E-state index contributed by atoms with van der Waals surface area (Å²) in [5.74, 6) is 0.867. The molecular formula is C19H21ClN2OS. The van der Waals surface area contributed by atoms with E-state index in [0.717, 1.165) is 33.7 Å². The van der Waals surface area contributed by atoms with Crippen molar-refractivity contribution in [3.8, 4) is 5.75 Å². The Balaban J connectivity index is 0.00000208. The predicted molar refractivity (Wildman–Crippen MR) is 106 cm³/mol. The molecule has 0 aliphatic rings. The number of thioether (sulfide) groups is 1. The van der Waals surface area contributed by atoms with E-state index in [-0.39, 0.29) is 12.4 Å². The van der Waals surface area contributed by atoms with Crippen LogP contribution in [0, 0.1) is 6.92 Å². The highest BCUT2D eigenvalue weighted by Crippen LogP contribution is 2.30. The lowest BCUT2D eigenvalue weighted by atomic mass is 10.1. The average molecular weight is 361 g/mol. The van der Waals surface area contributed by atoms with E-state index in [4.69, 9.17) is 4.74 Å². The minimum atomic E-state index is 0. The largest absolute Gasteiger partial charge is 0.494 e. The van der Waals surface area contributed by atoms with Gasteiger partial charge in [-0.05, 0) is 68.6 Å². The molecule has 1 aromatic heterocycles. The Morgan fingerprint density at radius 1 is 1.08 bits per heavy atom. The number of nitrogens with one attached hydrogen (secondary N) is 1. The van der Waals surface area contributed by atoms with Crippen LogP contribution in [0.4, 0.5) is 11.4 Å². The molecule has 0 atom stereocenters. The van der Waals surface area contributed by atoms with E-state index in [9.17, 15) is 0 Å². The van der Waals surface area contributed by atoms with Crippen LogP contribution in [0.2, 0.25) is 0 Å². The first kappa shape index (κ1) is 18.4. The van der Waals surface area contributed by atoms with Gasteiger partial charge in [0, 0.05) is 27.4 Å².